The first-order chi connectivity index (χ1) is 9.15. The van der Waals surface area contributed by atoms with Crippen LogP contribution in [0.5, 0.6) is 5.75 Å². The second-order valence-corrected chi connectivity index (χ2v) is 4.60. The number of carboxylic acids is 1. The molecule has 0 saturated carbocycles. The summed E-state index contributed by atoms with van der Waals surface area (Å²) in [5.41, 5.74) is 0.686. The van der Waals surface area contributed by atoms with Gasteiger partial charge in [-0.2, -0.15) is 5.10 Å². The molecule has 1 unspecified atom stereocenters. The molecule has 2 N–H and O–H groups in total. The van der Waals surface area contributed by atoms with E-state index in [1.165, 1.54) is 0 Å². The topological polar surface area (TPSA) is 88.2 Å². The molecule has 0 amide bonds. The van der Waals surface area contributed by atoms with Gasteiger partial charge in [-0.05, 0) is 25.0 Å². The van der Waals surface area contributed by atoms with Crippen molar-refractivity contribution in [2.75, 3.05) is 0 Å². The van der Waals surface area contributed by atoms with E-state index in [1.54, 1.807) is 28.9 Å². The number of carboxylic acid groups (broad SMARTS) is 1. The van der Waals surface area contributed by atoms with Gasteiger partial charge in [0.1, 0.15) is 17.5 Å². The van der Waals surface area contributed by atoms with Crippen molar-refractivity contribution in [3.63, 3.8) is 0 Å². The SMILES string of the molecule is O=C(O)C1CCCn2nc(-c3cccc(O)c3)nc21. The van der Waals surface area contributed by atoms with Gasteiger partial charge in [-0.15, -0.1) is 0 Å². The molecule has 1 atom stereocenters. The Labute approximate surface area is 109 Å². The number of aromatic hydroxyl groups is 1. The maximum Gasteiger partial charge on any atom is 0.314 e. The third kappa shape index (κ3) is 2.05. The molecule has 0 spiro atoms. The van der Waals surface area contributed by atoms with Gasteiger partial charge in [0.15, 0.2) is 5.82 Å². The van der Waals surface area contributed by atoms with Crippen molar-refractivity contribution in [2.24, 2.45) is 0 Å². The average molecular weight is 259 g/mol. The molecule has 1 aliphatic rings. The number of nitrogens with zero attached hydrogens (tertiary/aromatic N) is 3. The molecular formula is C13H13N3O3. The molecule has 19 heavy (non-hydrogen) atoms. The minimum atomic E-state index is -0.865. The van der Waals surface area contributed by atoms with E-state index in [9.17, 15) is 15.0 Å². The van der Waals surface area contributed by atoms with Crippen molar-refractivity contribution in [3.05, 3.63) is 30.1 Å². The van der Waals surface area contributed by atoms with E-state index in [0.717, 1.165) is 6.42 Å². The lowest BCUT2D eigenvalue weighted by Gasteiger charge is -2.17. The first-order valence-electron chi connectivity index (χ1n) is 6.12. The summed E-state index contributed by atoms with van der Waals surface area (Å²) < 4.78 is 1.65. The van der Waals surface area contributed by atoms with E-state index in [4.69, 9.17) is 0 Å². The lowest BCUT2D eigenvalue weighted by molar-refractivity contribution is -0.139. The average Bonchev–Trinajstić information content (AvgIpc) is 2.82. The van der Waals surface area contributed by atoms with E-state index in [1.807, 2.05) is 0 Å². The molecule has 0 radical (unpaired) electrons. The van der Waals surface area contributed by atoms with Gasteiger partial charge in [-0.25, -0.2) is 9.67 Å². The summed E-state index contributed by atoms with van der Waals surface area (Å²) in [5, 5.41) is 23.0. The number of aryl methyl sites for hydroxylation is 1. The summed E-state index contributed by atoms with van der Waals surface area (Å²) in [6.07, 6.45) is 1.38. The summed E-state index contributed by atoms with van der Waals surface area (Å²) in [6, 6.07) is 6.63. The third-order valence-electron chi connectivity index (χ3n) is 3.28. The zero-order valence-corrected chi connectivity index (χ0v) is 10.2. The number of phenols is 1. The summed E-state index contributed by atoms with van der Waals surface area (Å²) in [7, 11) is 0. The van der Waals surface area contributed by atoms with E-state index >= 15 is 0 Å². The summed E-state index contributed by atoms with van der Waals surface area (Å²) in [5.74, 6) is -0.362. The number of hydrogen-bond acceptors (Lipinski definition) is 4. The van der Waals surface area contributed by atoms with E-state index in [-0.39, 0.29) is 5.75 Å². The number of aromatic nitrogens is 3. The van der Waals surface area contributed by atoms with Gasteiger partial charge >= 0.3 is 5.97 Å². The van der Waals surface area contributed by atoms with Crippen molar-refractivity contribution >= 4 is 5.97 Å². The van der Waals surface area contributed by atoms with Crippen molar-refractivity contribution in [1.82, 2.24) is 14.8 Å². The Hall–Kier alpha value is -2.37. The van der Waals surface area contributed by atoms with Crippen LogP contribution in [-0.4, -0.2) is 30.9 Å². The molecule has 0 bridgehead atoms. The maximum absolute atomic E-state index is 11.2. The third-order valence-corrected chi connectivity index (χ3v) is 3.28. The highest BCUT2D eigenvalue weighted by Gasteiger charge is 2.30. The molecule has 1 aromatic carbocycles. The Morgan fingerprint density at radius 2 is 2.26 bits per heavy atom. The molecule has 2 heterocycles. The minimum absolute atomic E-state index is 0.139. The normalized spacial score (nSPS) is 18.0. The number of fused-ring (bicyclic) bond motifs is 1. The van der Waals surface area contributed by atoms with E-state index in [2.05, 4.69) is 10.1 Å². The molecule has 6 heteroatoms. The fraction of sp³-hybridized carbons (Fsp3) is 0.308. The monoisotopic (exact) mass is 259 g/mol. The van der Waals surface area contributed by atoms with Crippen molar-refractivity contribution in [2.45, 2.75) is 25.3 Å². The highest BCUT2D eigenvalue weighted by atomic mass is 16.4. The molecule has 0 fully saturated rings. The zero-order chi connectivity index (χ0) is 13.4. The number of phenolic OH excluding ortho intramolecular Hbond substituents is 1. The Kier molecular flexibility index (Phi) is 2.70. The first-order valence-corrected chi connectivity index (χ1v) is 6.12. The molecular weight excluding hydrogens is 246 g/mol. The molecule has 3 rings (SSSR count). The molecule has 1 aliphatic heterocycles. The molecule has 6 nitrogen and oxygen atoms in total. The summed E-state index contributed by atoms with van der Waals surface area (Å²) >= 11 is 0. The molecule has 98 valence electrons. The smallest absolute Gasteiger partial charge is 0.314 e. The van der Waals surface area contributed by atoms with Crippen LogP contribution in [0.15, 0.2) is 24.3 Å². The van der Waals surface area contributed by atoms with Gasteiger partial charge in [0.25, 0.3) is 0 Å². The number of aliphatic carboxylic acids is 1. The van der Waals surface area contributed by atoms with Gasteiger partial charge < -0.3 is 10.2 Å². The van der Waals surface area contributed by atoms with Crippen LogP contribution in [0, 0.1) is 0 Å². The summed E-state index contributed by atoms with van der Waals surface area (Å²) in [4.78, 5) is 15.5. The van der Waals surface area contributed by atoms with Crippen LogP contribution in [0.25, 0.3) is 11.4 Å². The van der Waals surface area contributed by atoms with Crippen molar-refractivity contribution in [3.8, 4) is 17.1 Å². The largest absolute Gasteiger partial charge is 0.508 e. The van der Waals surface area contributed by atoms with E-state index < -0.39 is 11.9 Å². The Morgan fingerprint density at radius 3 is 3.00 bits per heavy atom. The van der Waals surface area contributed by atoms with Gasteiger partial charge in [-0.3, -0.25) is 4.79 Å². The predicted octanol–water partition coefficient (Wildman–Crippen LogP) is 1.61. The van der Waals surface area contributed by atoms with Crippen LogP contribution >= 0.6 is 0 Å². The quantitative estimate of drug-likeness (QED) is 0.855. The number of carbonyl (C=O) groups is 1. The molecule has 0 saturated heterocycles. The van der Waals surface area contributed by atoms with Crippen LogP contribution in [-0.2, 0) is 11.3 Å². The van der Waals surface area contributed by atoms with Crippen LogP contribution in [0.1, 0.15) is 24.6 Å². The molecule has 0 aliphatic carbocycles. The van der Waals surface area contributed by atoms with Crippen molar-refractivity contribution in [1.29, 1.82) is 0 Å². The van der Waals surface area contributed by atoms with Gasteiger partial charge in [-0.1, -0.05) is 12.1 Å². The zero-order valence-electron chi connectivity index (χ0n) is 10.2. The Bertz CT molecular complexity index is 636. The summed E-state index contributed by atoms with van der Waals surface area (Å²) in [6.45, 7) is 0.685. The second-order valence-electron chi connectivity index (χ2n) is 4.60. The minimum Gasteiger partial charge on any atom is -0.508 e. The van der Waals surface area contributed by atoms with Gasteiger partial charge in [0.2, 0.25) is 0 Å². The number of hydrogen-bond donors (Lipinski definition) is 2. The Morgan fingerprint density at radius 1 is 1.42 bits per heavy atom. The van der Waals surface area contributed by atoms with Crippen LogP contribution in [0.2, 0.25) is 0 Å². The maximum atomic E-state index is 11.2. The molecule has 2 aromatic rings. The van der Waals surface area contributed by atoms with Crippen LogP contribution < -0.4 is 0 Å². The van der Waals surface area contributed by atoms with E-state index in [0.29, 0.717) is 30.2 Å². The highest BCUT2D eigenvalue weighted by molar-refractivity contribution is 5.75. The highest BCUT2D eigenvalue weighted by Crippen LogP contribution is 2.28. The lowest BCUT2D eigenvalue weighted by atomic mass is 10.00. The second kappa shape index (κ2) is 4.38. The van der Waals surface area contributed by atoms with Gasteiger partial charge in [0, 0.05) is 12.1 Å². The Balaban J connectivity index is 2.04. The van der Waals surface area contributed by atoms with Crippen molar-refractivity contribution < 1.29 is 15.0 Å². The fourth-order valence-corrected chi connectivity index (χ4v) is 2.35. The predicted molar refractivity (Wildman–Crippen MR) is 66.7 cm³/mol. The number of rotatable bonds is 2. The standard InChI is InChI=1S/C13H13N3O3/c17-9-4-1-3-8(7-9)11-14-12-10(13(18)19)5-2-6-16(12)15-11/h1,3-4,7,10,17H,2,5-6H2,(H,18,19). The lowest BCUT2D eigenvalue weighted by Crippen LogP contribution is -2.22. The first kappa shape index (κ1) is 11.7. The van der Waals surface area contributed by atoms with Gasteiger partial charge in [0.05, 0.1) is 0 Å². The fourth-order valence-electron chi connectivity index (χ4n) is 2.35. The van der Waals surface area contributed by atoms with Crippen LogP contribution in [0.4, 0.5) is 0 Å². The molecule has 1 aromatic heterocycles. The number of benzene rings is 1. The van der Waals surface area contributed by atoms with Crippen LogP contribution in [0.3, 0.4) is 0 Å².